The molecule has 2 nitrogen and oxygen atoms in total. The lowest BCUT2D eigenvalue weighted by Crippen LogP contribution is -2.17. The van der Waals surface area contributed by atoms with Gasteiger partial charge in [0.15, 0.2) is 0 Å². The predicted molar refractivity (Wildman–Crippen MR) is 53.4 cm³/mol. The Labute approximate surface area is 77.3 Å². The number of hydrogen-bond donors (Lipinski definition) is 1. The van der Waals surface area contributed by atoms with Crippen molar-refractivity contribution >= 4 is 12.4 Å². The second kappa shape index (κ2) is 3.60. The van der Waals surface area contributed by atoms with E-state index in [-0.39, 0.29) is 11.8 Å². The summed E-state index contributed by atoms with van der Waals surface area (Å²) in [5, 5.41) is 0.289. The first-order valence-electron chi connectivity index (χ1n) is 4.00. The highest BCUT2D eigenvalue weighted by Gasteiger charge is 2.19. The minimum Gasteiger partial charge on any atom is -0.326 e. The molecule has 0 amide bonds. The van der Waals surface area contributed by atoms with Crippen molar-refractivity contribution in [1.29, 1.82) is 0 Å². The molecule has 0 heterocycles. The molecule has 0 aromatic heterocycles. The Morgan fingerprint density at radius 2 is 2.08 bits per heavy atom. The van der Waals surface area contributed by atoms with E-state index in [1.165, 1.54) is 6.07 Å². The zero-order valence-corrected chi connectivity index (χ0v) is 8.64. The average Bonchev–Trinajstić information content (AvgIpc) is 2.01. The van der Waals surface area contributed by atoms with Crippen LogP contribution in [0.4, 0.5) is 4.39 Å². The molecule has 0 spiro atoms. The summed E-state index contributed by atoms with van der Waals surface area (Å²) in [6.45, 7) is 3.31. The Kier molecular flexibility index (Phi) is 2.89. The van der Waals surface area contributed by atoms with Crippen LogP contribution in [0.2, 0.25) is 0 Å². The topological polar surface area (TPSA) is 43.1 Å². The summed E-state index contributed by atoms with van der Waals surface area (Å²) in [5.74, 6) is -0.420. The van der Waals surface area contributed by atoms with E-state index < -0.39 is 13.0 Å². The van der Waals surface area contributed by atoms with Crippen LogP contribution in [0, 0.1) is 5.82 Å². The van der Waals surface area contributed by atoms with Crippen LogP contribution in [0.15, 0.2) is 18.2 Å². The zero-order valence-electron chi connectivity index (χ0n) is 7.75. The van der Waals surface area contributed by atoms with Gasteiger partial charge >= 0.3 is 0 Å². The standard InChI is InChI=1S/C9H13FNOP/c1-13(2,12)9-7(6-11)4-3-5-8(9)10/h3-5H,6,11H2,1-2H3. The quantitative estimate of drug-likeness (QED) is 0.737. The van der Waals surface area contributed by atoms with Gasteiger partial charge in [0.1, 0.15) is 13.0 Å². The highest BCUT2D eigenvalue weighted by atomic mass is 31.2. The van der Waals surface area contributed by atoms with Crippen LogP contribution in [0.25, 0.3) is 0 Å². The van der Waals surface area contributed by atoms with Crippen molar-refractivity contribution in [2.75, 3.05) is 13.3 Å². The third-order valence-electron chi connectivity index (χ3n) is 1.83. The fraction of sp³-hybridized carbons (Fsp3) is 0.333. The normalized spacial score (nSPS) is 11.7. The van der Waals surface area contributed by atoms with E-state index >= 15 is 0 Å². The van der Waals surface area contributed by atoms with Gasteiger partial charge in [-0.05, 0) is 25.0 Å². The Bertz CT molecular complexity index is 359. The van der Waals surface area contributed by atoms with Crippen molar-refractivity contribution in [2.45, 2.75) is 6.54 Å². The summed E-state index contributed by atoms with van der Waals surface area (Å²) >= 11 is 0. The van der Waals surface area contributed by atoms with Crippen LogP contribution < -0.4 is 11.0 Å². The first-order valence-corrected chi connectivity index (χ1v) is 6.60. The van der Waals surface area contributed by atoms with Gasteiger partial charge < -0.3 is 10.3 Å². The maximum atomic E-state index is 13.3. The van der Waals surface area contributed by atoms with Gasteiger partial charge in [-0.1, -0.05) is 12.1 Å². The van der Waals surface area contributed by atoms with E-state index in [2.05, 4.69) is 0 Å². The van der Waals surface area contributed by atoms with Gasteiger partial charge in [-0.3, -0.25) is 0 Å². The van der Waals surface area contributed by atoms with Crippen LogP contribution >= 0.6 is 7.14 Å². The minimum atomic E-state index is -2.56. The van der Waals surface area contributed by atoms with Gasteiger partial charge in [-0.15, -0.1) is 0 Å². The second-order valence-corrected chi connectivity index (χ2v) is 6.45. The van der Waals surface area contributed by atoms with Crippen molar-refractivity contribution in [3.8, 4) is 0 Å². The molecule has 0 saturated carbocycles. The predicted octanol–water partition coefficient (Wildman–Crippen LogP) is 1.53. The first kappa shape index (κ1) is 10.4. The summed E-state index contributed by atoms with van der Waals surface area (Å²) in [6.07, 6.45) is 0. The number of rotatable bonds is 2. The third-order valence-corrected chi connectivity index (χ3v) is 3.41. The molecule has 0 fully saturated rings. The Balaban J connectivity index is 3.41. The Morgan fingerprint density at radius 3 is 2.46 bits per heavy atom. The molecule has 4 heteroatoms. The summed E-state index contributed by atoms with van der Waals surface area (Å²) in [7, 11) is -2.56. The molecule has 0 radical (unpaired) electrons. The SMILES string of the molecule is CP(C)(=O)c1c(F)cccc1CN. The number of benzene rings is 1. The molecule has 72 valence electrons. The molecule has 0 atom stereocenters. The monoisotopic (exact) mass is 201 g/mol. The van der Waals surface area contributed by atoms with E-state index in [1.54, 1.807) is 25.5 Å². The summed E-state index contributed by atoms with van der Waals surface area (Å²) in [4.78, 5) is 0. The van der Waals surface area contributed by atoms with E-state index in [1.807, 2.05) is 0 Å². The maximum Gasteiger partial charge on any atom is 0.134 e. The van der Waals surface area contributed by atoms with Crippen LogP contribution in [-0.2, 0) is 11.1 Å². The van der Waals surface area contributed by atoms with Gasteiger partial charge in [0.25, 0.3) is 0 Å². The van der Waals surface area contributed by atoms with Crippen molar-refractivity contribution in [3.05, 3.63) is 29.6 Å². The van der Waals surface area contributed by atoms with Gasteiger partial charge in [-0.2, -0.15) is 0 Å². The summed E-state index contributed by atoms with van der Waals surface area (Å²) in [5.41, 5.74) is 6.06. The Morgan fingerprint density at radius 1 is 1.46 bits per heavy atom. The van der Waals surface area contributed by atoms with Gasteiger partial charge in [-0.25, -0.2) is 4.39 Å². The lowest BCUT2D eigenvalue weighted by molar-refractivity contribution is 0.584. The Hall–Kier alpha value is -0.660. The smallest absolute Gasteiger partial charge is 0.134 e. The highest BCUT2D eigenvalue weighted by Crippen LogP contribution is 2.36. The molecule has 13 heavy (non-hydrogen) atoms. The van der Waals surface area contributed by atoms with Crippen molar-refractivity contribution in [2.24, 2.45) is 5.73 Å². The lowest BCUT2D eigenvalue weighted by Gasteiger charge is -2.12. The number of hydrogen-bond acceptors (Lipinski definition) is 2. The molecule has 0 aliphatic heterocycles. The molecule has 1 aromatic rings. The van der Waals surface area contributed by atoms with Crippen LogP contribution in [-0.4, -0.2) is 13.3 Å². The van der Waals surface area contributed by atoms with E-state index in [0.29, 0.717) is 5.56 Å². The highest BCUT2D eigenvalue weighted by molar-refractivity contribution is 7.70. The van der Waals surface area contributed by atoms with Gasteiger partial charge in [0, 0.05) is 6.54 Å². The zero-order chi connectivity index (χ0) is 10.1. The van der Waals surface area contributed by atoms with Crippen molar-refractivity contribution in [1.82, 2.24) is 0 Å². The van der Waals surface area contributed by atoms with Crippen LogP contribution in [0.5, 0.6) is 0 Å². The molecule has 0 bridgehead atoms. The van der Waals surface area contributed by atoms with Gasteiger partial charge in [0.2, 0.25) is 0 Å². The van der Waals surface area contributed by atoms with E-state index in [0.717, 1.165) is 0 Å². The fourth-order valence-electron chi connectivity index (χ4n) is 1.33. The molecule has 1 rings (SSSR count). The van der Waals surface area contributed by atoms with Crippen LogP contribution in [0.3, 0.4) is 0 Å². The molecular weight excluding hydrogens is 188 g/mol. The van der Waals surface area contributed by atoms with Gasteiger partial charge in [0.05, 0.1) is 5.30 Å². The molecule has 0 unspecified atom stereocenters. The maximum absolute atomic E-state index is 13.3. The fourth-order valence-corrected chi connectivity index (χ4v) is 2.77. The molecule has 0 aliphatic carbocycles. The van der Waals surface area contributed by atoms with Crippen LogP contribution in [0.1, 0.15) is 5.56 Å². The largest absolute Gasteiger partial charge is 0.326 e. The van der Waals surface area contributed by atoms with E-state index in [4.69, 9.17) is 5.73 Å². The first-order chi connectivity index (χ1) is 5.96. The number of nitrogens with two attached hydrogens (primary N) is 1. The lowest BCUT2D eigenvalue weighted by atomic mass is 10.2. The molecule has 0 saturated heterocycles. The average molecular weight is 201 g/mol. The minimum absolute atomic E-state index is 0.221. The molecule has 1 aromatic carbocycles. The molecule has 2 N–H and O–H groups in total. The second-order valence-electron chi connectivity index (χ2n) is 3.30. The number of halogens is 1. The summed E-state index contributed by atoms with van der Waals surface area (Å²) in [6, 6.07) is 4.60. The van der Waals surface area contributed by atoms with Crippen molar-refractivity contribution in [3.63, 3.8) is 0 Å². The van der Waals surface area contributed by atoms with E-state index in [9.17, 15) is 8.96 Å². The third kappa shape index (κ3) is 2.17. The summed E-state index contributed by atoms with van der Waals surface area (Å²) < 4.78 is 25.0. The molecule has 0 aliphatic rings. The molecular formula is C9H13FNOP. The van der Waals surface area contributed by atoms with Crippen molar-refractivity contribution < 1.29 is 8.96 Å².